The van der Waals surface area contributed by atoms with Crippen LogP contribution in [0.1, 0.15) is 24.0 Å². The summed E-state index contributed by atoms with van der Waals surface area (Å²) >= 11 is 0. The van der Waals surface area contributed by atoms with Crippen molar-refractivity contribution in [2.75, 3.05) is 0 Å². The van der Waals surface area contributed by atoms with Crippen molar-refractivity contribution in [2.24, 2.45) is 5.92 Å². The minimum atomic E-state index is -0.364. The second-order valence-electron chi connectivity index (χ2n) is 4.58. The van der Waals surface area contributed by atoms with Crippen LogP contribution >= 0.6 is 0 Å². The second-order valence-corrected chi connectivity index (χ2v) is 4.58. The fourth-order valence-corrected chi connectivity index (χ4v) is 2.28. The average molecular weight is 260 g/mol. The van der Waals surface area contributed by atoms with Gasteiger partial charge in [0.15, 0.2) is 0 Å². The zero-order valence-corrected chi connectivity index (χ0v) is 10.5. The van der Waals surface area contributed by atoms with Gasteiger partial charge in [0.2, 0.25) is 0 Å². The van der Waals surface area contributed by atoms with Crippen molar-refractivity contribution in [3.63, 3.8) is 0 Å². The summed E-state index contributed by atoms with van der Waals surface area (Å²) in [6.07, 6.45) is 0.806. The van der Waals surface area contributed by atoms with E-state index in [0.29, 0.717) is 11.1 Å². The molecule has 2 aromatic carbocycles. The van der Waals surface area contributed by atoms with Gasteiger partial charge in [-0.1, -0.05) is 31.2 Å². The highest BCUT2D eigenvalue weighted by Gasteiger charge is 2.21. The number of carbonyl (C=O) groups excluding carboxylic acids is 1. The molecule has 0 aliphatic heterocycles. The summed E-state index contributed by atoms with van der Waals surface area (Å²) in [5.74, 6) is -1.43. The summed E-state index contributed by atoms with van der Waals surface area (Å²) in [6.45, 7) is 1.74. The van der Waals surface area contributed by atoms with Crippen LogP contribution in [0.4, 0.5) is 8.78 Å². The van der Waals surface area contributed by atoms with E-state index in [0.717, 1.165) is 6.29 Å². The van der Waals surface area contributed by atoms with Gasteiger partial charge in [0.05, 0.1) is 0 Å². The Bertz CT molecular complexity index is 535. The molecule has 0 fully saturated rings. The largest absolute Gasteiger partial charge is 0.303 e. The average Bonchev–Trinajstić information content (AvgIpc) is 2.39. The van der Waals surface area contributed by atoms with Crippen LogP contribution < -0.4 is 0 Å². The number of aldehydes is 1. The SMILES string of the molecule is CC(C=O)C(c1cccc(F)c1)c1cccc(F)c1. The summed E-state index contributed by atoms with van der Waals surface area (Å²) in [5.41, 5.74) is 1.34. The third-order valence-electron chi connectivity index (χ3n) is 3.16. The molecule has 0 N–H and O–H groups in total. The van der Waals surface area contributed by atoms with Crippen LogP contribution in [0.2, 0.25) is 0 Å². The molecule has 1 unspecified atom stereocenters. The molecule has 0 radical (unpaired) electrons. The van der Waals surface area contributed by atoms with E-state index in [1.807, 2.05) is 0 Å². The number of rotatable bonds is 4. The van der Waals surface area contributed by atoms with Crippen LogP contribution in [-0.2, 0) is 4.79 Å². The van der Waals surface area contributed by atoms with Crippen LogP contribution in [0.15, 0.2) is 48.5 Å². The van der Waals surface area contributed by atoms with Gasteiger partial charge in [0, 0.05) is 11.8 Å². The van der Waals surface area contributed by atoms with Crippen LogP contribution in [0.5, 0.6) is 0 Å². The van der Waals surface area contributed by atoms with E-state index in [9.17, 15) is 13.6 Å². The van der Waals surface area contributed by atoms with Crippen LogP contribution in [0.3, 0.4) is 0 Å². The van der Waals surface area contributed by atoms with Gasteiger partial charge < -0.3 is 4.79 Å². The second kappa shape index (κ2) is 5.74. The van der Waals surface area contributed by atoms with Gasteiger partial charge >= 0.3 is 0 Å². The van der Waals surface area contributed by atoms with Crippen LogP contribution in [0.25, 0.3) is 0 Å². The quantitative estimate of drug-likeness (QED) is 0.761. The van der Waals surface area contributed by atoms with Gasteiger partial charge in [-0.25, -0.2) is 8.78 Å². The lowest BCUT2D eigenvalue weighted by atomic mass is 9.82. The molecule has 1 nitrogen and oxygen atoms in total. The molecular formula is C16H14F2O. The molecule has 0 aromatic heterocycles. The highest BCUT2D eigenvalue weighted by molar-refractivity contribution is 5.57. The molecule has 0 aliphatic carbocycles. The molecular weight excluding hydrogens is 246 g/mol. The molecule has 0 amide bonds. The van der Waals surface area contributed by atoms with E-state index in [2.05, 4.69) is 0 Å². The van der Waals surface area contributed by atoms with Crippen molar-refractivity contribution in [1.82, 2.24) is 0 Å². The van der Waals surface area contributed by atoms with Crippen molar-refractivity contribution < 1.29 is 13.6 Å². The molecule has 3 heteroatoms. The normalized spacial score (nSPS) is 12.4. The van der Waals surface area contributed by atoms with Gasteiger partial charge in [-0.3, -0.25) is 0 Å². The van der Waals surface area contributed by atoms with E-state index >= 15 is 0 Å². The van der Waals surface area contributed by atoms with Gasteiger partial charge in [-0.15, -0.1) is 0 Å². The van der Waals surface area contributed by atoms with Crippen molar-refractivity contribution in [3.8, 4) is 0 Å². The van der Waals surface area contributed by atoms with E-state index < -0.39 is 0 Å². The zero-order valence-electron chi connectivity index (χ0n) is 10.5. The Balaban J connectivity index is 2.50. The molecule has 98 valence electrons. The van der Waals surface area contributed by atoms with Crippen molar-refractivity contribution in [2.45, 2.75) is 12.8 Å². The third-order valence-corrected chi connectivity index (χ3v) is 3.16. The van der Waals surface area contributed by atoms with Gasteiger partial charge in [-0.2, -0.15) is 0 Å². The molecule has 2 aromatic rings. The Morgan fingerprint density at radius 1 is 0.947 bits per heavy atom. The summed E-state index contributed by atoms with van der Waals surface area (Å²) in [5, 5.41) is 0. The Hall–Kier alpha value is -2.03. The first kappa shape index (κ1) is 13.4. The molecule has 0 saturated carbocycles. The van der Waals surface area contributed by atoms with Crippen LogP contribution in [0, 0.1) is 17.6 Å². The van der Waals surface area contributed by atoms with E-state index in [1.54, 1.807) is 31.2 Å². The first-order chi connectivity index (χ1) is 9.11. The zero-order chi connectivity index (χ0) is 13.8. The first-order valence-corrected chi connectivity index (χ1v) is 6.08. The lowest BCUT2D eigenvalue weighted by molar-refractivity contribution is -0.111. The Kier molecular flexibility index (Phi) is 4.05. The maximum atomic E-state index is 13.3. The molecule has 0 heterocycles. The predicted molar refractivity (Wildman–Crippen MR) is 69.9 cm³/mol. The van der Waals surface area contributed by atoms with Crippen molar-refractivity contribution in [1.29, 1.82) is 0 Å². The molecule has 0 saturated heterocycles. The third kappa shape index (κ3) is 3.05. The lowest BCUT2D eigenvalue weighted by Crippen LogP contribution is -2.13. The highest BCUT2D eigenvalue weighted by atomic mass is 19.1. The topological polar surface area (TPSA) is 17.1 Å². The summed E-state index contributed by atoms with van der Waals surface area (Å²) < 4.78 is 26.7. The number of benzene rings is 2. The molecule has 0 aliphatic rings. The lowest BCUT2D eigenvalue weighted by Gasteiger charge is -2.21. The predicted octanol–water partition coefficient (Wildman–Crippen LogP) is 3.93. The van der Waals surface area contributed by atoms with E-state index in [4.69, 9.17) is 0 Å². The Labute approximate surface area is 110 Å². The van der Waals surface area contributed by atoms with E-state index in [-0.39, 0.29) is 23.5 Å². The van der Waals surface area contributed by atoms with Crippen molar-refractivity contribution in [3.05, 3.63) is 71.3 Å². The fourth-order valence-electron chi connectivity index (χ4n) is 2.28. The standard InChI is InChI=1S/C16H14F2O/c1-11(10-19)16(12-4-2-6-14(17)8-12)13-5-3-7-15(18)9-13/h2-11,16H,1H3. The smallest absolute Gasteiger partial charge is 0.123 e. The maximum absolute atomic E-state index is 13.3. The maximum Gasteiger partial charge on any atom is 0.123 e. The number of carbonyl (C=O) groups is 1. The fraction of sp³-hybridized carbons (Fsp3) is 0.188. The first-order valence-electron chi connectivity index (χ1n) is 6.08. The van der Waals surface area contributed by atoms with E-state index in [1.165, 1.54) is 24.3 Å². The monoisotopic (exact) mass is 260 g/mol. The van der Waals surface area contributed by atoms with Gasteiger partial charge in [-0.05, 0) is 35.4 Å². The van der Waals surface area contributed by atoms with Gasteiger partial charge in [0.25, 0.3) is 0 Å². The van der Waals surface area contributed by atoms with Crippen LogP contribution in [-0.4, -0.2) is 6.29 Å². The number of hydrogen-bond donors (Lipinski definition) is 0. The molecule has 19 heavy (non-hydrogen) atoms. The number of hydrogen-bond acceptors (Lipinski definition) is 1. The van der Waals surface area contributed by atoms with Gasteiger partial charge in [0.1, 0.15) is 17.9 Å². The summed E-state index contributed by atoms with van der Waals surface area (Å²) in [4.78, 5) is 11.1. The molecule has 2 rings (SSSR count). The molecule has 1 atom stereocenters. The Morgan fingerprint density at radius 2 is 1.42 bits per heavy atom. The highest BCUT2D eigenvalue weighted by Crippen LogP contribution is 2.31. The van der Waals surface area contributed by atoms with Crippen molar-refractivity contribution >= 4 is 6.29 Å². The summed E-state index contributed by atoms with van der Waals surface area (Å²) in [6, 6.07) is 12.1. The molecule has 0 bridgehead atoms. The minimum Gasteiger partial charge on any atom is -0.303 e. The Morgan fingerprint density at radius 3 is 1.79 bits per heavy atom. The molecule has 0 spiro atoms. The minimum absolute atomic E-state index is 0.344. The summed E-state index contributed by atoms with van der Waals surface area (Å²) in [7, 11) is 0. The number of halogens is 2.